The van der Waals surface area contributed by atoms with Gasteiger partial charge in [-0.2, -0.15) is 4.98 Å². The Morgan fingerprint density at radius 1 is 1.42 bits per heavy atom. The molecule has 2 heterocycles. The van der Waals surface area contributed by atoms with E-state index < -0.39 is 4.92 Å². The van der Waals surface area contributed by atoms with Crippen molar-refractivity contribution in [3.05, 3.63) is 52.3 Å². The van der Waals surface area contributed by atoms with Crippen LogP contribution in [0.25, 0.3) is 10.9 Å². The van der Waals surface area contributed by atoms with E-state index in [9.17, 15) is 10.1 Å². The third-order valence-corrected chi connectivity index (χ3v) is 2.84. The lowest BCUT2D eigenvalue weighted by atomic mass is 10.2. The van der Waals surface area contributed by atoms with Gasteiger partial charge in [0.1, 0.15) is 6.54 Å². The first-order chi connectivity index (χ1) is 9.13. The number of nitro groups is 1. The largest absolute Gasteiger partial charge is 0.338 e. The summed E-state index contributed by atoms with van der Waals surface area (Å²) in [6.07, 6.45) is 1.84. The first-order valence-electron chi connectivity index (χ1n) is 5.66. The maximum Gasteiger partial charge on any atom is 0.270 e. The summed E-state index contributed by atoms with van der Waals surface area (Å²) in [4.78, 5) is 14.4. The highest BCUT2D eigenvalue weighted by Crippen LogP contribution is 2.22. The molecule has 7 nitrogen and oxygen atoms in total. The molecule has 0 aliphatic carbocycles. The highest BCUT2D eigenvalue weighted by Gasteiger charge is 2.10. The highest BCUT2D eigenvalue weighted by atomic mass is 16.6. The maximum absolute atomic E-state index is 10.7. The van der Waals surface area contributed by atoms with E-state index >= 15 is 0 Å². The maximum atomic E-state index is 10.7. The SMILES string of the molecule is Cc1noc(Cn2ccc3cc([N+](=O)[O-])ccc32)n1. The number of rotatable bonds is 3. The molecule has 96 valence electrons. The fourth-order valence-electron chi connectivity index (χ4n) is 1.99. The van der Waals surface area contributed by atoms with Gasteiger partial charge in [-0.15, -0.1) is 0 Å². The molecule has 0 bridgehead atoms. The van der Waals surface area contributed by atoms with Crippen LogP contribution in [0.4, 0.5) is 5.69 Å². The van der Waals surface area contributed by atoms with E-state index in [-0.39, 0.29) is 5.69 Å². The summed E-state index contributed by atoms with van der Waals surface area (Å²) in [5.41, 5.74) is 0.973. The zero-order chi connectivity index (χ0) is 13.4. The van der Waals surface area contributed by atoms with Crippen molar-refractivity contribution in [3.8, 4) is 0 Å². The van der Waals surface area contributed by atoms with Gasteiger partial charge in [0, 0.05) is 29.2 Å². The molecule has 7 heteroatoms. The van der Waals surface area contributed by atoms with Gasteiger partial charge in [0.25, 0.3) is 5.69 Å². The number of nitro benzene ring substituents is 1. The molecule has 0 radical (unpaired) electrons. The van der Waals surface area contributed by atoms with Crippen LogP contribution in [0.1, 0.15) is 11.7 Å². The van der Waals surface area contributed by atoms with Crippen LogP contribution in [0, 0.1) is 17.0 Å². The van der Waals surface area contributed by atoms with Gasteiger partial charge in [-0.1, -0.05) is 5.16 Å². The van der Waals surface area contributed by atoms with Crippen LogP contribution in [-0.4, -0.2) is 19.6 Å². The molecule has 0 aliphatic rings. The molecule has 0 saturated carbocycles. The van der Waals surface area contributed by atoms with Crippen molar-refractivity contribution in [3.63, 3.8) is 0 Å². The zero-order valence-electron chi connectivity index (χ0n) is 10.1. The minimum atomic E-state index is -0.405. The average Bonchev–Trinajstić information content (AvgIpc) is 2.96. The molecule has 3 rings (SSSR count). The monoisotopic (exact) mass is 258 g/mol. The molecular formula is C12H10N4O3. The average molecular weight is 258 g/mol. The van der Waals surface area contributed by atoms with E-state index in [0.717, 1.165) is 10.9 Å². The van der Waals surface area contributed by atoms with E-state index in [4.69, 9.17) is 4.52 Å². The second kappa shape index (κ2) is 4.20. The van der Waals surface area contributed by atoms with E-state index in [1.54, 1.807) is 19.1 Å². The van der Waals surface area contributed by atoms with Crippen LogP contribution >= 0.6 is 0 Å². The predicted octanol–water partition coefficient (Wildman–Crippen LogP) is 2.29. The Hall–Kier alpha value is -2.70. The van der Waals surface area contributed by atoms with Crippen LogP contribution in [0.2, 0.25) is 0 Å². The Balaban J connectivity index is 1.99. The van der Waals surface area contributed by atoms with E-state index in [0.29, 0.717) is 18.3 Å². The Bertz CT molecular complexity index is 759. The van der Waals surface area contributed by atoms with Crippen molar-refractivity contribution in [1.82, 2.24) is 14.7 Å². The minimum Gasteiger partial charge on any atom is -0.338 e. The number of hydrogen-bond acceptors (Lipinski definition) is 5. The second-order valence-corrected chi connectivity index (χ2v) is 4.18. The van der Waals surface area contributed by atoms with Crippen LogP contribution in [0.15, 0.2) is 35.0 Å². The number of aromatic nitrogens is 3. The Morgan fingerprint density at radius 3 is 2.95 bits per heavy atom. The van der Waals surface area contributed by atoms with Gasteiger partial charge in [-0.05, 0) is 19.1 Å². The summed E-state index contributed by atoms with van der Waals surface area (Å²) >= 11 is 0. The van der Waals surface area contributed by atoms with Gasteiger partial charge in [-0.3, -0.25) is 10.1 Å². The molecule has 0 aliphatic heterocycles. The molecule has 0 N–H and O–H groups in total. The second-order valence-electron chi connectivity index (χ2n) is 4.18. The smallest absolute Gasteiger partial charge is 0.270 e. The third kappa shape index (κ3) is 2.05. The molecule has 0 spiro atoms. The Labute approximate surface area is 107 Å². The molecule has 0 atom stereocenters. The lowest BCUT2D eigenvalue weighted by Crippen LogP contribution is -1.98. The van der Waals surface area contributed by atoms with Crippen molar-refractivity contribution in [2.24, 2.45) is 0 Å². The Morgan fingerprint density at radius 2 is 2.26 bits per heavy atom. The van der Waals surface area contributed by atoms with Crippen LogP contribution in [-0.2, 0) is 6.54 Å². The molecular weight excluding hydrogens is 248 g/mol. The number of non-ortho nitro benzene ring substituents is 1. The summed E-state index contributed by atoms with van der Waals surface area (Å²) in [7, 11) is 0. The van der Waals surface area contributed by atoms with Crippen LogP contribution in [0.3, 0.4) is 0 Å². The number of nitrogens with zero attached hydrogens (tertiary/aromatic N) is 4. The number of aryl methyl sites for hydroxylation is 1. The predicted molar refractivity (Wildman–Crippen MR) is 66.7 cm³/mol. The van der Waals surface area contributed by atoms with Crippen LogP contribution < -0.4 is 0 Å². The van der Waals surface area contributed by atoms with Gasteiger partial charge in [0.05, 0.1) is 4.92 Å². The van der Waals surface area contributed by atoms with Crippen molar-refractivity contribution in [2.75, 3.05) is 0 Å². The molecule has 0 saturated heterocycles. The standard InChI is InChI=1S/C12H10N4O3/c1-8-13-12(19-14-8)7-15-5-4-9-6-10(16(17)18)2-3-11(9)15/h2-6H,7H2,1H3. The summed E-state index contributed by atoms with van der Waals surface area (Å²) in [6, 6.07) is 6.57. The zero-order valence-corrected chi connectivity index (χ0v) is 10.1. The lowest BCUT2D eigenvalue weighted by molar-refractivity contribution is -0.384. The van der Waals surface area contributed by atoms with E-state index in [1.165, 1.54) is 6.07 Å². The highest BCUT2D eigenvalue weighted by molar-refractivity contribution is 5.82. The minimum absolute atomic E-state index is 0.0823. The summed E-state index contributed by atoms with van der Waals surface area (Å²) in [5.74, 6) is 1.09. The van der Waals surface area contributed by atoms with E-state index in [2.05, 4.69) is 10.1 Å². The van der Waals surface area contributed by atoms with Gasteiger partial charge >= 0.3 is 0 Å². The molecule has 3 aromatic rings. The summed E-state index contributed by atoms with van der Waals surface area (Å²) in [5, 5.41) is 15.2. The van der Waals surface area contributed by atoms with Crippen molar-refractivity contribution >= 4 is 16.6 Å². The molecule has 0 unspecified atom stereocenters. The fourth-order valence-corrected chi connectivity index (χ4v) is 1.99. The fraction of sp³-hybridized carbons (Fsp3) is 0.167. The topological polar surface area (TPSA) is 87.0 Å². The molecule has 1 aromatic carbocycles. The van der Waals surface area contributed by atoms with Gasteiger partial charge in [0.2, 0.25) is 5.89 Å². The number of benzene rings is 1. The van der Waals surface area contributed by atoms with Gasteiger partial charge in [-0.25, -0.2) is 0 Å². The molecule has 0 fully saturated rings. The first kappa shape index (κ1) is 11.4. The normalized spacial score (nSPS) is 11.0. The van der Waals surface area contributed by atoms with Gasteiger partial charge in [0.15, 0.2) is 5.82 Å². The molecule has 2 aromatic heterocycles. The van der Waals surface area contributed by atoms with Gasteiger partial charge < -0.3 is 9.09 Å². The summed E-state index contributed by atoms with van der Waals surface area (Å²) in [6.45, 7) is 2.20. The first-order valence-corrected chi connectivity index (χ1v) is 5.66. The Kier molecular flexibility index (Phi) is 2.52. The number of hydrogen-bond donors (Lipinski definition) is 0. The van der Waals surface area contributed by atoms with Crippen molar-refractivity contribution in [1.29, 1.82) is 0 Å². The lowest BCUT2D eigenvalue weighted by Gasteiger charge is -2.01. The van der Waals surface area contributed by atoms with Crippen molar-refractivity contribution < 1.29 is 9.45 Å². The quantitative estimate of drug-likeness (QED) is 0.531. The third-order valence-electron chi connectivity index (χ3n) is 2.84. The van der Waals surface area contributed by atoms with Crippen LogP contribution in [0.5, 0.6) is 0 Å². The summed E-state index contributed by atoms with van der Waals surface area (Å²) < 4.78 is 6.97. The number of fused-ring (bicyclic) bond motifs is 1. The molecule has 19 heavy (non-hydrogen) atoms. The van der Waals surface area contributed by atoms with E-state index in [1.807, 2.05) is 16.8 Å². The molecule has 0 amide bonds. The van der Waals surface area contributed by atoms with Crippen molar-refractivity contribution in [2.45, 2.75) is 13.5 Å².